The molecule has 4 rings (SSSR count). The van der Waals surface area contributed by atoms with Crippen molar-refractivity contribution in [1.29, 1.82) is 0 Å². The number of sulfonamides is 1. The minimum absolute atomic E-state index is 0.00403. The van der Waals surface area contributed by atoms with Crippen LogP contribution in [0.5, 0.6) is 0 Å². The highest BCUT2D eigenvalue weighted by Gasteiger charge is 2.31. The van der Waals surface area contributed by atoms with Crippen molar-refractivity contribution in [1.82, 2.24) is 4.98 Å². The highest BCUT2D eigenvalue weighted by molar-refractivity contribution is 7.92. The molecule has 0 saturated heterocycles. The maximum Gasteiger partial charge on any atom is 0.263 e. The first-order chi connectivity index (χ1) is 14.8. The van der Waals surface area contributed by atoms with E-state index in [1.54, 1.807) is 12.1 Å². The van der Waals surface area contributed by atoms with Crippen molar-refractivity contribution in [2.75, 3.05) is 15.8 Å². The molecule has 0 spiro atoms. The van der Waals surface area contributed by atoms with Crippen LogP contribution in [0.4, 0.5) is 17.2 Å². The lowest BCUT2D eigenvalue weighted by Crippen LogP contribution is -2.24. The fraction of sp³-hybridized carbons (Fsp3) is 0. The number of nitrogens with two attached hydrogens (primary N) is 1. The van der Waals surface area contributed by atoms with Crippen LogP contribution in [0.1, 0.15) is 20.7 Å². The van der Waals surface area contributed by atoms with Crippen molar-refractivity contribution in [3.8, 4) is 0 Å². The fourth-order valence-corrected chi connectivity index (χ4v) is 4.25. The van der Waals surface area contributed by atoms with Gasteiger partial charge in [0, 0.05) is 28.7 Å². The maximum atomic E-state index is 12.8. The molecule has 0 amide bonds. The molecule has 10 heteroatoms. The number of nitrogens with zero attached hydrogens (tertiary/aromatic N) is 1. The predicted octanol–water partition coefficient (Wildman–Crippen LogP) is 3.41. The number of carbonyl (C=O) groups is 2. The van der Waals surface area contributed by atoms with E-state index < -0.39 is 21.6 Å². The van der Waals surface area contributed by atoms with Crippen molar-refractivity contribution in [2.24, 2.45) is 0 Å². The number of pyridine rings is 1. The van der Waals surface area contributed by atoms with Crippen LogP contribution < -0.4 is 15.8 Å². The van der Waals surface area contributed by atoms with Gasteiger partial charge in [0.1, 0.15) is 16.5 Å². The molecule has 1 aromatic heterocycles. The van der Waals surface area contributed by atoms with E-state index in [0.717, 1.165) is 0 Å². The van der Waals surface area contributed by atoms with E-state index in [9.17, 15) is 18.0 Å². The topological polar surface area (TPSA) is 131 Å². The minimum Gasteiger partial charge on any atom is -0.399 e. The lowest BCUT2D eigenvalue weighted by atomic mass is 9.92. The summed E-state index contributed by atoms with van der Waals surface area (Å²) in [7, 11) is -3.85. The summed E-state index contributed by atoms with van der Waals surface area (Å²) in [5.74, 6) is -0.801. The number of Topliss-reactive ketones (excluding diaryl/α,β-unsaturated/α-hetero) is 2. The lowest BCUT2D eigenvalue weighted by molar-refractivity contribution is 0.0982. The zero-order valence-electron chi connectivity index (χ0n) is 15.8. The summed E-state index contributed by atoms with van der Waals surface area (Å²) in [6.07, 6.45) is 1.47. The number of allylic oxidation sites excluding steroid dienone is 2. The summed E-state index contributed by atoms with van der Waals surface area (Å²) in [4.78, 5) is 29.3. The SMILES string of the molecule is Nc1ccc2c(c1)C(=O)C(Cl)=C(Nc1ccc(S(=O)(=O)Nc3ccccn3)cc1)C2=O. The molecule has 31 heavy (non-hydrogen) atoms. The van der Waals surface area contributed by atoms with Crippen LogP contribution in [0.3, 0.4) is 0 Å². The van der Waals surface area contributed by atoms with Crippen molar-refractivity contribution in [3.05, 3.63) is 88.7 Å². The molecule has 1 aliphatic rings. The van der Waals surface area contributed by atoms with Crippen molar-refractivity contribution >= 4 is 50.4 Å². The number of ketones is 2. The third-order valence-corrected chi connectivity index (χ3v) is 6.25. The molecule has 1 aliphatic carbocycles. The molecule has 0 unspecified atom stereocenters. The van der Waals surface area contributed by atoms with Gasteiger partial charge in [-0.2, -0.15) is 0 Å². The first kappa shape index (κ1) is 20.6. The van der Waals surface area contributed by atoms with Crippen LogP contribution in [0.25, 0.3) is 0 Å². The number of hydrogen-bond donors (Lipinski definition) is 3. The Hall–Kier alpha value is -3.69. The molecule has 2 aromatic carbocycles. The molecule has 0 radical (unpaired) electrons. The third-order valence-electron chi connectivity index (χ3n) is 4.52. The number of halogens is 1. The smallest absolute Gasteiger partial charge is 0.263 e. The predicted molar refractivity (Wildman–Crippen MR) is 118 cm³/mol. The molecule has 0 atom stereocenters. The van der Waals surface area contributed by atoms with Crippen molar-refractivity contribution in [3.63, 3.8) is 0 Å². The number of hydrogen-bond acceptors (Lipinski definition) is 7. The number of benzene rings is 2. The van der Waals surface area contributed by atoms with E-state index in [-0.39, 0.29) is 32.6 Å². The minimum atomic E-state index is -3.85. The first-order valence-corrected chi connectivity index (χ1v) is 10.8. The Kier molecular flexibility index (Phi) is 5.22. The molecule has 3 aromatic rings. The second kappa shape index (κ2) is 7.86. The van der Waals surface area contributed by atoms with E-state index in [1.807, 2.05) is 0 Å². The quantitative estimate of drug-likeness (QED) is 0.503. The molecular formula is C21H15ClN4O4S. The van der Waals surface area contributed by atoms with Gasteiger partial charge in [0.15, 0.2) is 0 Å². The summed E-state index contributed by atoms with van der Waals surface area (Å²) in [6, 6.07) is 14.9. The van der Waals surface area contributed by atoms with Gasteiger partial charge >= 0.3 is 0 Å². The average Bonchev–Trinajstić information content (AvgIpc) is 2.76. The Morgan fingerprint density at radius 3 is 2.32 bits per heavy atom. The largest absolute Gasteiger partial charge is 0.399 e. The number of fused-ring (bicyclic) bond motifs is 1. The van der Waals surface area contributed by atoms with Gasteiger partial charge in [0.2, 0.25) is 11.6 Å². The highest BCUT2D eigenvalue weighted by Crippen LogP contribution is 2.31. The molecule has 156 valence electrons. The molecule has 0 aliphatic heterocycles. The molecule has 0 fully saturated rings. The molecule has 8 nitrogen and oxygen atoms in total. The van der Waals surface area contributed by atoms with Gasteiger partial charge in [-0.15, -0.1) is 0 Å². The van der Waals surface area contributed by atoms with Crippen molar-refractivity contribution in [2.45, 2.75) is 4.90 Å². The lowest BCUT2D eigenvalue weighted by Gasteiger charge is -2.19. The molecular weight excluding hydrogens is 440 g/mol. The summed E-state index contributed by atoms with van der Waals surface area (Å²) >= 11 is 6.15. The maximum absolute atomic E-state index is 12.8. The van der Waals surface area contributed by atoms with Gasteiger partial charge in [-0.25, -0.2) is 13.4 Å². The first-order valence-electron chi connectivity index (χ1n) is 8.96. The zero-order valence-corrected chi connectivity index (χ0v) is 17.4. The Morgan fingerprint density at radius 1 is 0.903 bits per heavy atom. The Morgan fingerprint density at radius 2 is 1.65 bits per heavy atom. The van der Waals surface area contributed by atoms with Gasteiger partial charge < -0.3 is 11.1 Å². The van der Waals surface area contributed by atoms with Gasteiger partial charge in [-0.1, -0.05) is 17.7 Å². The molecule has 0 bridgehead atoms. The Bertz CT molecular complexity index is 1340. The summed E-state index contributed by atoms with van der Waals surface area (Å²) < 4.78 is 27.4. The molecule has 1 heterocycles. The number of anilines is 3. The number of rotatable bonds is 5. The average molecular weight is 455 g/mol. The van der Waals surface area contributed by atoms with Crippen LogP contribution in [-0.2, 0) is 10.0 Å². The second-order valence-corrected chi connectivity index (χ2v) is 8.68. The van der Waals surface area contributed by atoms with Crippen molar-refractivity contribution < 1.29 is 18.0 Å². The Labute approximate surface area is 182 Å². The van der Waals surface area contributed by atoms with Gasteiger partial charge in [-0.05, 0) is 54.6 Å². The third kappa shape index (κ3) is 4.00. The zero-order chi connectivity index (χ0) is 22.2. The fourth-order valence-electron chi connectivity index (χ4n) is 3.01. The molecule has 0 saturated carbocycles. The van der Waals surface area contributed by atoms with Crippen LogP contribution in [-0.4, -0.2) is 25.0 Å². The van der Waals surface area contributed by atoms with Crippen LogP contribution in [0.15, 0.2) is 82.5 Å². The summed E-state index contributed by atoms with van der Waals surface area (Å²) in [5, 5.41) is 2.55. The summed E-state index contributed by atoms with van der Waals surface area (Å²) in [5.41, 5.74) is 6.65. The van der Waals surface area contributed by atoms with Crippen LogP contribution >= 0.6 is 11.6 Å². The van der Waals surface area contributed by atoms with E-state index in [0.29, 0.717) is 11.4 Å². The van der Waals surface area contributed by atoms with Crippen LogP contribution in [0, 0.1) is 0 Å². The number of aromatic nitrogens is 1. The standard InChI is InChI=1S/C21H15ClN4O4S/c22-18-19(21(28)15-9-4-12(23)11-16(15)20(18)27)25-13-5-7-14(8-6-13)31(29,30)26-17-3-1-2-10-24-17/h1-11,25H,23H2,(H,24,26). The normalized spacial score (nSPS) is 13.7. The summed E-state index contributed by atoms with van der Waals surface area (Å²) in [6.45, 7) is 0. The van der Waals surface area contributed by atoms with Crippen LogP contribution in [0.2, 0.25) is 0 Å². The van der Waals surface area contributed by atoms with E-state index in [4.69, 9.17) is 17.3 Å². The number of nitrogens with one attached hydrogen (secondary N) is 2. The van der Waals surface area contributed by atoms with Gasteiger partial charge in [-0.3, -0.25) is 14.3 Å². The van der Waals surface area contributed by atoms with E-state index in [2.05, 4.69) is 15.0 Å². The van der Waals surface area contributed by atoms with Gasteiger partial charge in [0.25, 0.3) is 10.0 Å². The van der Waals surface area contributed by atoms with Gasteiger partial charge in [0.05, 0.1) is 4.90 Å². The number of carbonyl (C=O) groups excluding carboxylic acids is 2. The van der Waals surface area contributed by atoms with E-state index in [1.165, 1.54) is 54.7 Å². The highest BCUT2D eigenvalue weighted by atomic mass is 35.5. The Balaban J connectivity index is 1.58. The second-order valence-electron chi connectivity index (χ2n) is 6.62. The number of nitrogen functional groups attached to an aromatic ring is 1. The van der Waals surface area contributed by atoms with E-state index >= 15 is 0 Å². The monoisotopic (exact) mass is 454 g/mol. The molecule has 4 N–H and O–H groups in total.